The Morgan fingerprint density at radius 1 is 1.30 bits per heavy atom. The molecule has 0 fully saturated rings. The lowest BCUT2D eigenvalue weighted by Gasteiger charge is -2.30. The van der Waals surface area contributed by atoms with Gasteiger partial charge in [0.05, 0.1) is 5.56 Å². The van der Waals surface area contributed by atoms with E-state index in [4.69, 9.17) is 10.5 Å². The van der Waals surface area contributed by atoms with Crippen LogP contribution in [-0.4, -0.2) is 35.9 Å². The summed E-state index contributed by atoms with van der Waals surface area (Å²) in [5, 5.41) is 3.33. The van der Waals surface area contributed by atoms with E-state index in [9.17, 15) is 9.59 Å². The van der Waals surface area contributed by atoms with E-state index < -0.39 is 5.91 Å². The molecule has 6 nitrogen and oxygen atoms in total. The maximum Gasteiger partial charge on any atom is 0.262 e. The molecule has 3 rings (SSSR count). The van der Waals surface area contributed by atoms with Crippen molar-refractivity contribution in [2.75, 3.05) is 18.5 Å². The molecule has 0 atom stereocenters. The second-order valence-electron chi connectivity index (χ2n) is 7.04. The van der Waals surface area contributed by atoms with E-state index in [1.165, 1.54) is 11.3 Å². The number of rotatable bonds is 6. The molecule has 144 valence electrons. The smallest absolute Gasteiger partial charge is 0.262 e. The van der Waals surface area contributed by atoms with E-state index in [0.717, 1.165) is 35.5 Å². The highest BCUT2D eigenvalue weighted by molar-refractivity contribution is 7.17. The Kier molecular flexibility index (Phi) is 5.82. The van der Waals surface area contributed by atoms with Crippen LogP contribution in [0, 0.1) is 6.92 Å². The normalized spacial score (nSPS) is 14.1. The molecular formula is C20H25N3O3S. The van der Waals surface area contributed by atoms with Gasteiger partial charge in [-0.2, -0.15) is 0 Å². The van der Waals surface area contributed by atoms with Crippen molar-refractivity contribution in [2.45, 2.75) is 39.8 Å². The number of anilines is 1. The summed E-state index contributed by atoms with van der Waals surface area (Å²) in [7, 11) is 0. The van der Waals surface area contributed by atoms with Gasteiger partial charge in [-0.3, -0.25) is 14.5 Å². The first kappa shape index (κ1) is 19.4. The van der Waals surface area contributed by atoms with Crippen molar-refractivity contribution in [3.63, 3.8) is 0 Å². The molecule has 0 unspecified atom stereocenters. The standard InChI is InChI=1S/C20H25N3O3S/c1-12(2)23-9-8-15-16(10-23)27-20(18(15)19(21)25)22-17(24)11-26-14-6-4-13(3)5-7-14/h4-7,12H,8-11H2,1-3H3,(H2,21,25)(H,22,24). The number of aryl methyl sites for hydroxylation is 1. The van der Waals surface area contributed by atoms with Crippen LogP contribution < -0.4 is 15.8 Å². The molecule has 2 amide bonds. The van der Waals surface area contributed by atoms with Gasteiger partial charge in [0.15, 0.2) is 6.61 Å². The van der Waals surface area contributed by atoms with Gasteiger partial charge in [-0.15, -0.1) is 11.3 Å². The van der Waals surface area contributed by atoms with Gasteiger partial charge in [0.25, 0.3) is 11.8 Å². The van der Waals surface area contributed by atoms with Crippen LogP contribution in [0.2, 0.25) is 0 Å². The number of ether oxygens (including phenoxy) is 1. The van der Waals surface area contributed by atoms with Crippen molar-refractivity contribution in [3.05, 3.63) is 45.8 Å². The minimum Gasteiger partial charge on any atom is -0.484 e. The lowest BCUT2D eigenvalue weighted by molar-refractivity contribution is -0.118. The Morgan fingerprint density at radius 2 is 2.00 bits per heavy atom. The summed E-state index contributed by atoms with van der Waals surface area (Å²) in [5.74, 6) is -0.179. The highest BCUT2D eigenvalue weighted by Gasteiger charge is 2.28. The largest absolute Gasteiger partial charge is 0.484 e. The van der Waals surface area contributed by atoms with Crippen molar-refractivity contribution in [1.29, 1.82) is 0 Å². The maximum atomic E-state index is 12.3. The zero-order valence-electron chi connectivity index (χ0n) is 15.9. The molecule has 0 aliphatic carbocycles. The first-order valence-electron chi connectivity index (χ1n) is 9.03. The third-order valence-corrected chi connectivity index (χ3v) is 5.84. The van der Waals surface area contributed by atoms with Gasteiger partial charge < -0.3 is 15.8 Å². The monoisotopic (exact) mass is 387 g/mol. The average Bonchev–Trinajstić information content (AvgIpc) is 2.98. The van der Waals surface area contributed by atoms with Crippen molar-refractivity contribution < 1.29 is 14.3 Å². The summed E-state index contributed by atoms with van der Waals surface area (Å²) >= 11 is 1.43. The van der Waals surface area contributed by atoms with Crippen molar-refractivity contribution in [2.24, 2.45) is 5.73 Å². The molecule has 3 N–H and O–H groups in total. The number of nitrogens with one attached hydrogen (secondary N) is 1. The Bertz CT molecular complexity index is 843. The molecule has 1 aliphatic rings. The van der Waals surface area contributed by atoms with E-state index in [0.29, 0.717) is 22.4 Å². The molecule has 0 radical (unpaired) electrons. The molecule has 0 saturated heterocycles. The number of hydrogen-bond donors (Lipinski definition) is 2. The van der Waals surface area contributed by atoms with E-state index >= 15 is 0 Å². The maximum absolute atomic E-state index is 12.3. The fourth-order valence-electron chi connectivity index (χ4n) is 3.16. The fraction of sp³-hybridized carbons (Fsp3) is 0.400. The van der Waals surface area contributed by atoms with Crippen LogP contribution in [-0.2, 0) is 17.8 Å². The zero-order chi connectivity index (χ0) is 19.6. The van der Waals surface area contributed by atoms with Gasteiger partial charge in [0.1, 0.15) is 10.8 Å². The Morgan fingerprint density at radius 3 is 2.63 bits per heavy atom. The number of amides is 2. The van der Waals surface area contributed by atoms with Crippen molar-refractivity contribution >= 4 is 28.2 Å². The minimum absolute atomic E-state index is 0.123. The summed E-state index contributed by atoms with van der Waals surface area (Å²) in [6.45, 7) is 7.82. The van der Waals surface area contributed by atoms with E-state index in [1.54, 1.807) is 0 Å². The summed E-state index contributed by atoms with van der Waals surface area (Å²) in [4.78, 5) is 27.8. The van der Waals surface area contributed by atoms with Crippen molar-refractivity contribution in [3.8, 4) is 5.75 Å². The number of nitrogens with zero attached hydrogens (tertiary/aromatic N) is 1. The quantitative estimate of drug-likeness (QED) is 0.798. The lowest BCUT2D eigenvalue weighted by Crippen LogP contribution is -2.35. The summed E-state index contributed by atoms with van der Waals surface area (Å²) in [6, 6.07) is 7.92. The Labute approximate surface area is 163 Å². The van der Waals surface area contributed by atoms with Crippen LogP contribution >= 0.6 is 11.3 Å². The van der Waals surface area contributed by atoms with Crippen molar-refractivity contribution in [1.82, 2.24) is 4.90 Å². The van der Waals surface area contributed by atoms with Crippen LogP contribution in [0.15, 0.2) is 24.3 Å². The van der Waals surface area contributed by atoms with Crippen LogP contribution in [0.1, 0.15) is 40.2 Å². The number of nitrogens with two attached hydrogens (primary N) is 1. The molecule has 0 spiro atoms. The number of benzene rings is 1. The van der Waals surface area contributed by atoms with E-state index in [-0.39, 0.29) is 12.5 Å². The van der Waals surface area contributed by atoms with Gasteiger partial charge in [-0.1, -0.05) is 17.7 Å². The number of primary amides is 1. The van der Waals surface area contributed by atoms with Crippen LogP contribution in [0.4, 0.5) is 5.00 Å². The zero-order valence-corrected chi connectivity index (χ0v) is 16.7. The van der Waals surface area contributed by atoms with Gasteiger partial charge in [0, 0.05) is 24.0 Å². The highest BCUT2D eigenvalue weighted by atomic mass is 32.1. The number of thiophene rings is 1. The molecule has 0 bridgehead atoms. The molecule has 1 aromatic heterocycles. The minimum atomic E-state index is -0.500. The van der Waals surface area contributed by atoms with Gasteiger partial charge in [-0.05, 0) is 44.9 Å². The second kappa shape index (κ2) is 8.10. The van der Waals surface area contributed by atoms with Crippen LogP contribution in [0.25, 0.3) is 0 Å². The average molecular weight is 388 g/mol. The van der Waals surface area contributed by atoms with Crippen LogP contribution in [0.3, 0.4) is 0 Å². The predicted molar refractivity (Wildman–Crippen MR) is 107 cm³/mol. The number of carbonyl (C=O) groups excluding carboxylic acids is 2. The molecule has 27 heavy (non-hydrogen) atoms. The Balaban J connectivity index is 1.71. The van der Waals surface area contributed by atoms with Gasteiger partial charge in [-0.25, -0.2) is 0 Å². The molecular weight excluding hydrogens is 362 g/mol. The lowest BCUT2D eigenvalue weighted by atomic mass is 10.0. The molecule has 1 aliphatic heterocycles. The third kappa shape index (κ3) is 4.48. The third-order valence-electron chi connectivity index (χ3n) is 4.71. The number of fused-ring (bicyclic) bond motifs is 1. The molecule has 2 heterocycles. The highest BCUT2D eigenvalue weighted by Crippen LogP contribution is 2.37. The number of carbonyl (C=O) groups is 2. The topological polar surface area (TPSA) is 84.7 Å². The number of hydrogen-bond acceptors (Lipinski definition) is 5. The van der Waals surface area contributed by atoms with Gasteiger partial charge >= 0.3 is 0 Å². The summed E-state index contributed by atoms with van der Waals surface area (Å²) < 4.78 is 5.51. The van der Waals surface area contributed by atoms with E-state index in [2.05, 4.69) is 24.1 Å². The fourth-order valence-corrected chi connectivity index (χ4v) is 4.45. The van der Waals surface area contributed by atoms with Gasteiger partial charge in [0.2, 0.25) is 0 Å². The molecule has 1 aromatic carbocycles. The SMILES string of the molecule is Cc1ccc(OCC(=O)Nc2sc3c(c2C(N)=O)CCN(C(C)C)C3)cc1. The summed E-state index contributed by atoms with van der Waals surface area (Å²) in [6.07, 6.45) is 0.762. The molecule has 7 heteroatoms. The first-order chi connectivity index (χ1) is 12.8. The summed E-state index contributed by atoms with van der Waals surface area (Å²) in [5.41, 5.74) is 8.14. The second-order valence-corrected chi connectivity index (χ2v) is 8.14. The predicted octanol–water partition coefficient (Wildman–Crippen LogP) is 2.94. The van der Waals surface area contributed by atoms with Crippen LogP contribution in [0.5, 0.6) is 5.75 Å². The first-order valence-corrected chi connectivity index (χ1v) is 9.84. The molecule has 2 aromatic rings. The van der Waals surface area contributed by atoms with E-state index in [1.807, 2.05) is 31.2 Å². The Hall–Kier alpha value is -2.38. The molecule has 0 saturated carbocycles.